The van der Waals surface area contributed by atoms with E-state index in [4.69, 9.17) is 4.74 Å². The van der Waals surface area contributed by atoms with Gasteiger partial charge in [-0.15, -0.1) is 0 Å². The highest BCUT2D eigenvalue weighted by Crippen LogP contribution is 2.32. The van der Waals surface area contributed by atoms with E-state index < -0.39 is 0 Å². The molecule has 3 heteroatoms. The van der Waals surface area contributed by atoms with E-state index in [0.717, 1.165) is 21.9 Å². The monoisotopic (exact) mass is 243 g/mol. The number of aryl methyl sites for hydroxylation is 1. The SMILES string of the molecule is Cc1cc2ccccc2c(OC(=O)N(C)C)c1C. The Kier molecular flexibility index (Phi) is 3.24. The van der Waals surface area contributed by atoms with E-state index >= 15 is 0 Å². The van der Waals surface area contributed by atoms with Crippen LogP contribution in [0.15, 0.2) is 30.3 Å². The molecule has 2 aromatic rings. The maximum absolute atomic E-state index is 11.7. The predicted octanol–water partition coefficient (Wildman–Crippen LogP) is 3.52. The van der Waals surface area contributed by atoms with Crippen molar-refractivity contribution < 1.29 is 9.53 Å². The summed E-state index contributed by atoms with van der Waals surface area (Å²) in [5, 5.41) is 2.05. The molecule has 1 amide bonds. The molecular formula is C15H17NO2. The fraction of sp³-hybridized carbons (Fsp3) is 0.267. The zero-order valence-electron chi connectivity index (χ0n) is 11.2. The van der Waals surface area contributed by atoms with Crippen molar-refractivity contribution >= 4 is 16.9 Å². The van der Waals surface area contributed by atoms with Crippen LogP contribution in [0.1, 0.15) is 11.1 Å². The molecule has 94 valence electrons. The number of hydrogen-bond acceptors (Lipinski definition) is 2. The maximum Gasteiger partial charge on any atom is 0.414 e. The van der Waals surface area contributed by atoms with Crippen molar-refractivity contribution in [3.63, 3.8) is 0 Å². The van der Waals surface area contributed by atoms with Gasteiger partial charge < -0.3 is 9.64 Å². The van der Waals surface area contributed by atoms with Gasteiger partial charge >= 0.3 is 6.09 Å². The second-order valence-corrected chi connectivity index (χ2v) is 4.63. The molecular weight excluding hydrogens is 226 g/mol. The molecule has 0 saturated heterocycles. The van der Waals surface area contributed by atoms with Crippen LogP contribution in [0.5, 0.6) is 5.75 Å². The molecule has 0 aliphatic heterocycles. The Hall–Kier alpha value is -2.03. The van der Waals surface area contributed by atoms with Crippen molar-refractivity contribution in [2.24, 2.45) is 0 Å². The van der Waals surface area contributed by atoms with Crippen molar-refractivity contribution in [1.82, 2.24) is 4.90 Å². The lowest BCUT2D eigenvalue weighted by Gasteiger charge is -2.16. The van der Waals surface area contributed by atoms with Crippen molar-refractivity contribution in [2.45, 2.75) is 13.8 Å². The van der Waals surface area contributed by atoms with E-state index in [1.807, 2.05) is 38.1 Å². The number of hydrogen-bond donors (Lipinski definition) is 0. The van der Waals surface area contributed by atoms with Crippen LogP contribution in [0, 0.1) is 13.8 Å². The number of benzene rings is 2. The molecule has 3 nitrogen and oxygen atoms in total. The quantitative estimate of drug-likeness (QED) is 0.767. The third-order valence-electron chi connectivity index (χ3n) is 3.06. The van der Waals surface area contributed by atoms with Crippen LogP contribution in [-0.4, -0.2) is 25.1 Å². The second kappa shape index (κ2) is 4.69. The summed E-state index contributed by atoms with van der Waals surface area (Å²) < 4.78 is 5.49. The lowest BCUT2D eigenvalue weighted by Crippen LogP contribution is -2.25. The maximum atomic E-state index is 11.7. The highest BCUT2D eigenvalue weighted by molar-refractivity contribution is 5.92. The Labute approximate surface area is 107 Å². The van der Waals surface area contributed by atoms with Crippen LogP contribution in [0.3, 0.4) is 0 Å². The molecule has 0 spiro atoms. The standard InChI is InChI=1S/C15H17NO2/c1-10-9-12-7-5-6-8-13(12)14(11(10)2)18-15(17)16(3)4/h5-9H,1-4H3. The first-order valence-corrected chi connectivity index (χ1v) is 5.89. The molecule has 0 aliphatic carbocycles. The molecule has 2 rings (SSSR count). The number of ether oxygens (including phenoxy) is 1. The summed E-state index contributed by atoms with van der Waals surface area (Å²) in [6.07, 6.45) is -0.353. The van der Waals surface area contributed by atoms with Crippen LogP contribution in [-0.2, 0) is 0 Å². The van der Waals surface area contributed by atoms with Gasteiger partial charge in [0.1, 0.15) is 5.75 Å². The lowest BCUT2D eigenvalue weighted by atomic mass is 10.0. The van der Waals surface area contributed by atoms with Gasteiger partial charge in [0.15, 0.2) is 0 Å². The summed E-state index contributed by atoms with van der Waals surface area (Å²) in [6, 6.07) is 10.0. The molecule has 0 fully saturated rings. The number of amides is 1. The zero-order chi connectivity index (χ0) is 13.3. The van der Waals surface area contributed by atoms with Gasteiger partial charge in [0.05, 0.1) is 0 Å². The topological polar surface area (TPSA) is 29.5 Å². The minimum atomic E-state index is -0.353. The molecule has 0 aliphatic rings. The first kappa shape index (κ1) is 12.4. The number of rotatable bonds is 1. The van der Waals surface area contributed by atoms with Gasteiger partial charge in [-0.25, -0.2) is 4.79 Å². The fourth-order valence-electron chi connectivity index (χ4n) is 1.86. The summed E-state index contributed by atoms with van der Waals surface area (Å²) in [6.45, 7) is 3.99. The van der Waals surface area contributed by atoms with Gasteiger partial charge in [0.25, 0.3) is 0 Å². The third kappa shape index (κ3) is 2.16. The first-order valence-electron chi connectivity index (χ1n) is 5.89. The molecule has 0 N–H and O–H groups in total. The Morgan fingerprint density at radius 2 is 1.83 bits per heavy atom. The van der Waals surface area contributed by atoms with Crippen molar-refractivity contribution in [1.29, 1.82) is 0 Å². The zero-order valence-corrected chi connectivity index (χ0v) is 11.2. The second-order valence-electron chi connectivity index (χ2n) is 4.63. The number of fused-ring (bicyclic) bond motifs is 1. The van der Waals surface area contributed by atoms with E-state index in [1.165, 1.54) is 4.90 Å². The van der Waals surface area contributed by atoms with Gasteiger partial charge in [0, 0.05) is 19.5 Å². The summed E-state index contributed by atoms with van der Waals surface area (Å²) in [4.78, 5) is 13.2. The van der Waals surface area contributed by atoms with Crippen LogP contribution in [0.2, 0.25) is 0 Å². The Balaban J connectivity index is 2.60. The van der Waals surface area contributed by atoms with E-state index in [0.29, 0.717) is 5.75 Å². The smallest absolute Gasteiger partial charge is 0.409 e. The Morgan fingerprint density at radius 1 is 1.17 bits per heavy atom. The van der Waals surface area contributed by atoms with E-state index in [2.05, 4.69) is 6.07 Å². The molecule has 0 saturated carbocycles. The fourth-order valence-corrected chi connectivity index (χ4v) is 1.86. The summed E-state index contributed by atoms with van der Waals surface area (Å²) in [7, 11) is 3.35. The largest absolute Gasteiger partial charge is 0.414 e. The summed E-state index contributed by atoms with van der Waals surface area (Å²) in [5.74, 6) is 0.657. The minimum Gasteiger partial charge on any atom is -0.409 e. The third-order valence-corrected chi connectivity index (χ3v) is 3.06. The summed E-state index contributed by atoms with van der Waals surface area (Å²) in [5.41, 5.74) is 2.12. The van der Waals surface area contributed by atoms with Gasteiger partial charge in [-0.3, -0.25) is 0 Å². The average Bonchev–Trinajstić information content (AvgIpc) is 2.34. The van der Waals surface area contributed by atoms with Crippen LogP contribution in [0.25, 0.3) is 10.8 Å². The number of nitrogens with zero attached hydrogens (tertiary/aromatic N) is 1. The van der Waals surface area contributed by atoms with E-state index in [-0.39, 0.29) is 6.09 Å². The van der Waals surface area contributed by atoms with E-state index in [9.17, 15) is 4.79 Å². The van der Waals surface area contributed by atoms with Crippen molar-refractivity contribution in [2.75, 3.05) is 14.1 Å². The van der Waals surface area contributed by atoms with Crippen molar-refractivity contribution in [3.05, 3.63) is 41.5 Å². The molecule has 0 heterocycles. The predicted molar refractivity (Wildman–Crippen MR) is 73.1 cm³/mol. The van der Waals surface area contributed by atoms with E-state index in [1.54, 1.807) is 14.1 Å². The molecule has 0 bridgehead atoms. The summed E-state index contributed by atoms with van der Waals surface area (Å²) >= 11 is 0. The Morgan fingerprint density at radius 3 is 2.50 bits per heavy atom. The number of carbonyl (C=O) groups is 1. The highest BCUT2D eigenvalue weighted by atomic mass is 16.6. The Bertz CT molecular complexity index is 603. The van der Waals surface area contributed by atoms with Gasteiger partial charge in [0.2, 0.25) is 0 Å². The molecule has 0 unspecified atom stereocenters. The molecule has 0 radical (unpaired) electrons. The highest BCUT2D eigenvalue weighted by Gasteiger charge is 2.14. The van der Waals surface area contributed by atoms with Crippen LogP contribution < -0.4 is 4.74 Å². The molecule has 2 aromatic carbocycles. The average molecular weight is 243 g/mol. The van der Waals surface area contributed by atoms with Gasteiger partial charge in [-0.2, -0.15) is 0 Å². The molecule has 0 atom stereocenters. The van der Waals surface area contributed by atoms with Crippen LogP contribution in [0.4, 0.5) is 4.79 Å². The minimum absolute atomic E-state index is 0.353. The van der Waals surface area contributed by atoms with Crippen LogP contribution >= 0.6 is 0 Å². The molecule has 0 aromatic heterocycles. The van der Waals surface area contributed by atoms with Gasteiger partial charge in [-0.1, -0.05) is 30.3 Å². The first-order chi connectivity index (χ1) is 8.50. The van der Waals surface area contributed by atoms with Gasteiger partial charge in [-0.05, 0) is 30.4 Å². The van der Waals surface area contributed by atoms with Crippen molar-refractivity contribution in [3.8, 4) is 5.75 Å². The number of carbonyl (C=O) groups excluding carboxylic acids is 1. The normalized spacial score (nSPS) is 10.4. The lowest BCUT2D eigenvalue weighted by molar-refractivity contribution is 0.172. The molecule has 18 heavy (non-hydrogen) atoms.